The molecule has 1 aromatic rings. The van der Waals surface area contributed by atoms with E-state index in [2.05, 4.69) is 21.2 Å². The van der Waals surface area contributed by atoms with Gasteiger partial charge in [0, 0.05) is 16.2 Å². The van der Waals surface area contributed by atoms with Gasteiger partial charge in [0.05, 0.1) is 6.07 Å². The van der Waals surface area contributed by atoms with Crippen LogP contribution in [0.25, 0.3) is 0 Å². The van der Waals surface area contributed by atoms with Gasteiger partial charge in [-0.25, -0.2) is 0 Å². The van der Waals surface area contributed by atoms with Crippen LogP contribution in [0.3, 0.4) is 0 Å². The van der Waals surface area contributed by atoms with E-state index in [1.165, 1.54) is 0 Å². The van der Waals surface area contributed by atoms with Crippen molar-refractivity contribution in [2.24, 2.45) is 0 Å². The number of nitriles is 1. The number of rotatable bonds is 4. The van der Waals surface area contributed by atoms with Crippen LogP contribution in [0.2, 0.25) is 0 Å². The van der Waals surface area contributed by atoms with Crippen molar-refractivity contribution in [1.29, 1.82) is 5.26 Å². The van der Waals surface area contributed by atoms with Gasteiger partial charge in [-0.1, -0.05) is 15.9 Å². The lowest BCUT2D eigenvalue weighted by Crippen LogP contribution is -2.29. The number of anilines is 1. The third-order valence-corrected chi connectivity index (χ3v) is 2.09. The smallest absolute Gasteiger partial charge is 0.258 e. The molecule has 0 fully saturated rings. The average Bonchev–Trinajstić information content (AvgIpc) is 2.22. The second-order valence-corrected chi connectivity index (χ2v) is 3.86. The highest BCUT2D eigenvalue weighted by molar-refractivity contribution is 9.10. The Balaban J connectivity index is 2.48. The Morgan fingerprint density at radius 1 is 1.56 bits per heavy atom. The van der Waals surface area contributed by atoms with Crippen LogP contribution >= 0.6 is 15.9 Å². The highest BCUT2D eigenvalue weighted by atomic mass is 79.9. The van der Waals surface area contributed by atoms with Gasteiger partial charge in [0.25, 0.3) is 5.91 Å². The maximum atomic E-state index is 11.1. The Kier molecular flexibility index (Phi) is 4.61. The molecule has 0 saturated carbocycles. The van der Waals surface area contributed by atoms with Crippen LogP contribution in [0.5, 0.6) is 5.75 Å². The summed E-state index contributed by atoms with van der Waals surface area (Å²) in [6.07, 6.45) is 0. The highest BCUT2D eigenvalue weighted by Gasteiger charge is 2.03. The summed E-state index contributed by atoms with van der Waals surface area (Å²) < 4.78 is 5.97. The van der Waals surface area contributed by atoms with E-state index in [1.807, 2.05) is 0 Å². The molecule has 0 heterocycles. The van der Waals surface area contributed by atoms with Crippen molar-refractivity contribution in [3.63, 3.8) is 0 Å². The van der Waals surface area contributed by atoms with Crippen molar-refractivity contribution in [2.75, 3.05) is 18.9 Å². The first-order valence-electron chi connectivity index (χ1n) is 4.44. The maximum Gasteiger partial charge on any atom is 0.258 e. The van der Waals surface area contributed by atoms with Gasteiger partial charge in [-0.2, -0.15) is 5.26 Å². The Hall–Kier alpha value is -1.74. The second kappa shape index (κ2) is 5.98. The summed E-state index contributed by atoms with van der Waals surface area (Å²) in [5.74, 6) is 0.152. The lowest BCUT2D eigenvalue weighted by Gasteiger charge is -2.06. The number of nitrogen functional groups attached to an aromatic ring is 1. The topological polar surface area (TPSA) is 88.1 Å². The van der Waals surface area contributed by atoms with Crippen molar-refractivity contribution in [3.8, 4) is 11.8 Å². The minimum Gasteiger partial charge on any atom is -0.484 e. The molecule has 1 amide bonds. The normalized spacial score (nSPS) is 9.25. The Bertz CT molecular complexity index is 408. The number of carbonyl (C=O) groups excluding carboxylic acids is 1. The third kappa shape index (κ3) is 4.19. The molecule has 0 atom stereocenters. The summed E-state index contributed by atoms with van der Waals surface area (Å²) in [5.41, 5.74) is 6.14. The number of hydrogen-bond acceptors (Lipinski definition) is 4. The molecule has 6 heteroatoms. The van der Waals surface area contributed by atoms with Crippen molar-refractivity contribution < 1.29 is 9.53 Å². The zero-order valence-corrected chi connectivity index (χ0v) is 9.95. The molecule has 5 nitrogen and oxygen atoms in total. The van der Waals surface area contributed by atoms with E-state index in [1.54, 1.807) is 24.3 Å². The molecule has 0 radical (unpaired) electrons. The van der Waals surface area contributed by atoms with E-state index in [4.69, 9.17) is 15.7 Å². The monoisotopic (exact) mass is 283 g/mol. The van der Waals surface area contributed by atoms with Crippen molar-refractivity contribution >= 4 is 27.5 Å². The number of amides is 1. The molecule has 0 aliphatic carbocycles. The summed E-state index contributed by atoms with van der Waals surface area (Å²) in [6.45, 7) is -0.166. The van der Waals surface area contributed by atoms with E-state index in [0.29, 0.717) is 11.4 Å². The van der Waals surface area contributed by atoms with E-state index in [9.17, 15) is 4.79 Å². The second-order valence-electron chi connectivity index (χ2n) is 2.94. The number of benzene rings is 1. The van der Waals surface area contributed by atoms with Gasteiger partial charge in [-0.05, 0) is 12.1 Å². The number of nitrogens with two attached hydrogens (primary N) is 1. The zero-order valence-electron chi connectivity index (χ0n) is 8.37. The highest BCUT2D eigenvalue weighted by Crippen LogP contribution is 2.22. The first-order chi connectivity index (χ1) is 7.61. The molecule has 0 spiro atoms. The van der Waals surface area contributed by atoms with Gasteiger partial charge in [0.2, 0.25) is 0 Å². The Morgan fingerprint density at radius 2 is 2.31 bits per heavy atom. The van der Waals surface area contributed by atoms with Gasteiger partial charge in [-0.3, -0.25) is 4.79 Å². The van der Waals surface area contributed by atoms with Crippen LogP contribution in [0.15, 0.2) is 22.7 Å². The minimum absolute atomic E-state index is 0.0250. The van der Waals surface area contributed by atoms with E-state index in [0.717, 1.165) is 4.47 Å². The third-order valence-electron chi connectivity index (χ3n) is 1.63. The molecule has 0 bridgehead atoms. The van der Waals surface area contributed by atoms with Crippen LogP contribution < -0.4 is 15.8 Å². The summed E-state index contributed by atoms with van der Waals surface area (Å²) in [5, 5.41) is 10.6. The molecule has 1 aromatic carbocycles. The quantitative estimate of drug-likeness (QED) is 0.639. The van der Waals surface area contributed by atoms with Crippen molar-refractivity contribution in [2.45, 2.75) is 0 Å². The fourth-order valence-electron chi connectivity index (χ4n) is 1.01. The lowest BCUT2D eigenvalue weighted by molar-refractivity contribution is -0.122. The van der Waals surface area contributed by atoms with Gasteiger partial charge < -0.3 is 15.8 Å². The number of ether oxygens (including phenoxy) is 1. The fraction of sp³-hybridized carbons (Fsp3) is 0.200. The van der Waals surface area contributed by atoms with Gasteiger partial charge in [0.1, 0.15) is 12.3 Å². The minimum atomic E-state index is -0.347. The summed E-state index contributed by atoms with van der Waals surface area (Å²) >= 11 is 3.26. The largest absolute Gasteiger partial charge is 0.484 e. The number of halogens is 1. The Morgan fingerprint density at radius 3 is 2.94 bits per heavy atom. The van der Waals surface area contributed by atoms with E-state index in [-0.39, 0.29) is 19.1 Å². The number of nitrogens with one attached hydrogen (secondary N) is 1. The molecule has 0 aromatic heterocycles. The molecule has 16 heavy (non-hydrogen) atoms. The standard InChI is InChI=1S/C10H10BrN3O2/c11-7-3-8(13)5-9(4-7)16-6-10(15)14-2-1-12/h3-5H,2,6,13H2,(H,14,15). The average molecular weight is 284 g/mol. The zero-order chi connectivity index (χ0) is 12.0. The first-order valence-corrected chi connectivity index (χ1v) is 5.23. The Labute approximate surface area is 101 Å². The van der Waals surface area contributed by atoms with Crippen LogP contribution in [0.4, 0.5) is 5.69 Å². The maximum absolute atomic E-state index is 11.1. The molecule has 0 aliphatic heterocycles. The van der Waals surface area contributed by atoms with Crippen LogP contribution in [0, 0.1) is 11.3 Å². The predicted molar refractivity (Wildman–Crippen MR) is 62.7 cm³/mol. The lowest BCUT2D eigenvalue weighted by atomic mass is 10.3. The molecule has 3 N–H and O–H groups in total. The molecule has 0 aliphatic rings. The SMILES string of the molecule is N#CCNC(=O)COc1cc(N)cc(Br)c1. The molecular weight excluding hydrogens is 274 g/mol. The fourth-order valence-corrected chi connectivity index (χ4v) is 1.50. The first kappa shape index (κ1) is 12.3. The van der Waals surface area contributed by atoms with Gasteiger partial charge >= 0.3 is 0 Å². The van der Waals surface area contributed by atoms with Gasteiger partial charge in [0.15, 0.2) is 6.61 Å². The van der Waals surface area contributed by atoms with Crippen molar-refractivity contribution in [3.05, 3.63) is 22.7 Å². The van der Waals surface area contributed by atoms with E-state index < -0.39 is 0 Å². The van der Waals surface area contributed by atoms with Crippen LogP contribution in [0.1, 0.15) is 0 Å². The molecular formula is C10H10BrN3O2. The summed E-state index contributed by atoms with van der Waals surface area (Å²) in [6, 6.07) is 6.84. The van der Waals surface area contributed by atoms with Crippen molar-refractivity contribution in [1.82, 2.24) is 5.32 Å². The number of carbonyl (C=O) groups is 1. The van der Waals surface area contributed by atoms with Crippen LogP contribution in [-0.2, 0) is 4.79 Å². The number of nitrogens with zero attached hydrogens (tertiary/aromatic N) is 1. The molecule has 1 rings (SSSR count). The molecule has 0 unspecified atom stereocenters. The van der Waals surface area contributed by atoms with Gasteiger partial charge in [-0.15, -0.1) is 0 Å². The number of hydrogen-bond donors (Lipinski definition) is 2. The van der Waals surface area contributed by atoms with E-state index >= 15 is 0 Å². The molecule has 0 saturated heterocycles. The van der Waals surface area contributed by atoms with Crippen LogP contribution in [-0.4, -0.2) is 19.1 Å². The summed E-state index contributed by atoms with van der Waals surface area (Å²) in [4.78, 5) is 11.1. The summed E-state index contributed by atoms with van der Waals surface area (Å²) in [7, 11) is 0. The molecule has 84 valence electrons. The predicted octanol–water partition coefficient (Wildman–Crippen LogP) is 1.05.